The van der Waals surface area contributed by atoms with E-state index in [0.29, 0.717) is 11.7 Å². The van der Waals surface area contributed by atoms with Gasteiger partial charge in [0.1, 0.15) is 0 Å². The average Bonchev–Trinajstić information content (AvgIpc) is 2.72. The number of hydrogen-bond acceptors (Lipinski definition) is 5. The van der Waals surface area contributed by atoms with Gasteiger partial charge in [-0.05, 0) is 30.4 Å². The smallest absolute Gasteiger partial charge is 0.238 e. The lowest BCUT2D eigenvalue weighted by Gasteiger charge is -2.15. The number of hydrogen-bond donors (Lipinski definition) is 3. The van der Waals surface area contributed by atoms with E-state index in [2.05, 4.69) is 5.32 Å². The van der Waals surface area contributed by atoms with Gasteiger partial charge in [0, 0.05) is 11.8 Å². The highest BCUT2D eigenvalue weighted by Gasteiger charge is 2.17. The van der Waals surface area contributed by atoms with Crippen LogP contribution in [0.25, 0.3) is 0 Å². The van der Waals surface area contributed by atoms with Crippen molar-refractivity contribution in [3.8, 4) is 0 Å². The molecule has 1 saturated heterocycles. The minimum absolute atomic E-state index is 0.0429. The summed E-state index contributed by atoms with van der Waals surface area (Å²) in [6, 6.07) is 4.93. The zero-order valence-electron chi connectivity index (χ0n) is 9.22. The Morgan fingerprint density at radius 1 is 1.41 bits per heavy atom. The topological polar surface area (TPSA) is 98.2 Å². The molecule has 7 heteroatoms. The summed E-state index contributed by atoms with van der Waals surface area (Å²) in [7, 11) is -3.68. The Kier molecular flexibility index (Phi) is 3.50. The van der Waals surface area contributed by atoms with E-state index in [1.807, 2.05) is 11.8 Å². The Labute approximate surface area is 105 Å². The molecule has 0 amide bonds. The van der Waals surface area contributed by atoms with Gasteiger partial charge >= 0.3 is 0 Å². The van der Waals surface area contributed by atoms with E-state index < -0.39 is 10.0 Å². The number of sulfonamides is 1. The Hall–Kier alpha value is -0.920. The molecule has 0 saturated carbocycles. The summed E-state index contributed by atoms with van der Waals surface area (Å²) in [4.78, 5) is 0.0429. The van der Waals surface area contributed by atoms with Gasteiger partial charge in [-0.25, -0.2) is 13.6 Å². The van der Waals surface area contributed by atoms with Gasteiger partial charge in [-0.2, -0.15) is 11.8 Å². The van der Waals surface area contributed by atoms with Gasteiger partial charge in [-0.3, -0.25) is 0 Å². The molecule has 5 nitrogen and oxygen atoms in total. The van der Waals surface area contributed by atoms with Gasteiger partial charge in [-0.15, -0.1) is 0 Å². The molecule has 1 heterocycles. The van der Waals surface area contributed by atoms with Gasteiger partial charge in [-0.1, -0.05) is 0 Å². The first-order valence-corrected chi connectivity index (χ1v) is 7.93. The third kappa shape index (κ3) is 3.05. The maximum Gasteiger partial charge on any atom is 0.238 e. The molecule has 1 aliphatic heterocycles. The number of rotatable bonds is 3. The molecule has 1 unspecified atom stereocenters. The van der Waals surface area contributed by atoms with Gasteiger partial charge in [0.2, 0.25) is 10.0 Å². The average molecular weight is 273 g/mol. The van der Waals surface area contributed by atoms with Crippen molar-refractivity contribution in [2.24, 2.45) is 5.14 Å². The molecule has 1 aliphatic rings. The summed E-state index contributed by atoms with van der Waals surface area (Å²) in [5.74, 6) is 2.20. The maximum absolute atomic E-state index is 11.1. The summed E-state index contributed by atoms with van der Waals surface area (Å²) in [5, 5.41) is 8.34. The van der Waals surface area contributed by atoms with Crippen LogP contribution in [-0.2, 0) is 10.0 Å². The molecule has 1 aromatic rings. The van der Waals surface area contributed by atoms with Gasteiger partial charge < -0.3 is 11.1 Å². The zero-order chi connectivity index (χ0) is 12.5. The number of benzene rings is 1. The van der Waals surface area contributed by atoms with E-state index in [9.17, 15) is 8.42 Å². The minimum Gasteiger partial charge on any atom is -0.397 e. The van der Waals surface area contributed by atoms with Crippen LogP contribution in [0.3, 0.4) is 0 Å². The summed E-state index contributed by atoms with van der Waals surface area (Å²) < 4.78 is 22.3. The fraction of sp³-hybridized carbons (Fsp3) is 0.400. The Morgan fingerprint density at radius 3 is 2.71 bits per heavy atom. The van der Waals surface area contributed by atoms with Crippen LogP contribution >= 0.6 is 11.8 Å². The molecule has 0 aliphatic carbocycles. The van der Waals surface area contributed by atoms with Gasteiger partial charge in [0.25, 0.3) is 0 Å². The molecule has 94 valence electrons. The number of nitrogen functional groups attached to an aromatic ring is 1. The van der Waals surface area contributed by atoms with Crippen molar-refractivity contribution in [3.05, 3.63) is 18.2 Å². The van der Waals surface area contributed by atoms with E-state index in [0.717, 1.165) is 23.6 Å². The van der Waals surface area contributed by atoms with E-state index in [1.54, 1.807) is 6.07 Å². The molecular weight excluding hydrogens is 258 g/mol. The van der Waals surface area contributed by atoms with Crippen molar-refractivity contribution in [3.63, 3.8) is 0 Å². The second kappa shape index (κ2) is 4.75. The first-order chi connectivity index (χ1) is 7.97. The maximum atomic E-state index is 11.1. The minimum atomic E-state index is -3.68. The lowest BCUT2D eigenvalue weighted by atomic mass is 10.2. The first-order valence-electron chi connectivity index (χ1n) is 5.23. The number of anilines is 2. The number of nitrogens with two attached hydrogens (primary N) is 2. The number of primary sulfonamides is 1. The monoisotopic (exact) mass is 273 g/mol. The Morgan fingerprint density at radius 2 is 2.18 bits per heavy atom. The number of thioether (sulfide) groups is 1. The van der Waals surface area contributed by atoms with Crippen LogP contribution in [0.4, 0.5) is 11.4 Å². The molecule has 1 aromatic carbocycles. The lowest BCUT2D eigenvalue weighted by Crippen LogP contribution is -2.19. The number of nitrogens with one attached hydrogen (secondary N) is 1. The van der Waals surface area contributed by atoms with Crippen LogP contribution in [0, 0.1) is 0 Å². The largest absolute Gasteiger partial charge is 0.397 e. The van der Waals surface area contributed by atoms with E-state index in [4.69, 9.17) is 10.9 Å². The van der Waals surface area contributed by atoms with Crippen LogP contribution in [-0.4, -0.2) is 26.0 Å². The lowest BCUT2D eigenvalue weighted by molar-refractivity contribution is 0.598. The standard InChI is InChI=1S/C10H15N3O2S2/c11-9-5-8(17(12,14)15)1-2-10(9)13-7-3-4-16-6-7/h1-2,5,7,13H,3-4,6,11H2,(H2,12,14,15). The highest BCUT2D eigenvalue weighted by atomic mass is 32.2. The third-order valence-electron chi connectivity index (χ3n) is 2.64. The second-order valence-corrected chi connectivity index (χ2v) is 6.71. The highest BCUT2D eigenvalue weighted by molar-refractivity contribution is 7.99. The second-order valence-electron chi connectivity index (χ2n) is 4.00. The summed E-state index contributed by atoms with van der Waals surface area (Å²) in [6.45, 7) is 0. The van der Waals surface area contributed by atoms with Crippen molar-refractivity contribution >= 4 is 33.2 Å². The predicted molar refractivity (Wildman–Crippen MR) is 71.6 cm³/mol. The predicted octanol–water partition coefficient (Wildman–Crippen LogP) is 0.834. The normalized spacial score (nSPS) is 20.4. The van der Waals surface area contributed by atoms with Gasteiger partial charge in [0.15, 0.2) is 0 Å². The zero-order valence-corrected chi connectivity index (χ0v) is 10.9. The SMILES string of the molecule is Nc1cc(S(N)(=O)=O)ccc1NC1CCSC1. The summed E-state index contributed by atoms with van der Waals surface area (Å²) >= 11 is 1.90. The molecule has 0 bridgehead atoms. The van der Waals surface area contributed by atoms with Crippen molar-refractivity contribution in [2.75, 3.05) is 22.6 Å². The van der Waals surface area contributed by atoms with E-state index in [1.165, 1.54) is 12.1 Å². The van der Waals surface area contributed by atoms with Crippen molar-refractivity contribution in [1.82, 2.24) is 0 Å². The van der Waals surface area contributed by atoms with Crippen LogP contribution in [0.15, 0.2) is 23.1 Å². The molecule has 0 aromatic heterocycles. The molecule has 1 fully saturated rings. The van der Waals surface area contributed by atoms with Crippen molar-refractivity contribution in [2.45, 2.75) is 17.4 Å². The van der Waals surface area contributed by atoms with E-state index >= 15 is 0 Å². The molecular formula is C10H15N3O2S2. The Bertz CT molecular complexity index is 510. The Balaban J connectivity index is 2.19. The van der Waals surface area contributed by atoms with Crippen molar-refractivity contribution in [1.29, 1.82) is 0 Å². The quantitative estimate of drug-likeness (QED) is 0.709. The molecule has 2 rings (SSSR count). The van der Waals surface area contributed by atoms with Crippen LogP contribution in [0.5, 0.6) is 0 Å². The van der Waals surface area contributed by atoms with Gasteiger partial charge in [0.05, 0.1) is 16.3 Å². The van der Waals surface area contributed by atoms with E-state index in [-0.39, 0.29) is 4.90 Å². The third-order valence-corrected chi connectivity index (χ3v) is 4.71. The fourth-order valence-electron chi connectivity index (χ4n) is 1.72. The fourth-order valence-corrected chi connectivity index (χ4v) is 3.42. The highest BCUT2D eigenvalue weighted by Crippen LogP contribution is 2.26. The first kappa shape index (κ1) is 12.5. The molecule has 0 spiro atoms. The molecule has 17 heavy (non-hydrogen) atoms. The van der Waals surface area contributed by atoms with Crippen LogP contribution in [0.1, 0.15) is 6.42 Å². The molecule has 0 radical (unpaired) electrons. The molecule has 5 N–H and O–H groups in total. The van der Waals surface area contributed by atoms with Crippen molar-refractivity contribution < 1.29 is 8.42 Å². The summed E-state index contributed by atoms with van der Waals surface area (Å²) in [6.07, 6.45) is 1.10. The summed E-state index contributed by atoms with van der Waals surface area (Å²) in [5.41, 5.74) is 6.99. The van der Waals surface area contributed by atoms with Crippen LogP contribution in [0.2, 0.25) is 0 Å². The molecule has 1 atom stereocenters. The van der Waals surface area contributed by atoms with Crippen LogP contribution < -0.4 is 16.2 Å².